The molecule has 1 aromatic heterocycles. The molecular formula is C15H18N4O2. The van der Waals surface area contributed by atoms with E-state index in [-0.39, 0.29) is 11.8 Å². The lowest BCUT2D eigenvalue weighted by Crippen LogP contribution is -2.49. The van der Waals surface area contributed by atoms with Crippen molar-refractivity contribution in [3.8, 4) is 0 Å². The van der Waals surface area contributed by atoms with Gasteiger partial charge in [-0.1, -0.05) is 19.9 Å². The van der Waals surface area contributed by atoms with Gasteiger partial charge in [-0.3, -0.25) is 9.78 Å². The van der Waals surface area contributed by atoms with Crippen molar-refractivity contribution in [1.82, 2.24) is 10.3 Å². The highest BCUT2D eigenvalue weighted by atomic mass is 16.2. The summed E-state index contributed by atoms with van der Waals surface area (Å²) in [5.41, 5.74) is 6.56. The van der Waals surface area contributed by atoms with E-state index in [2.05, 4.69) is 15.6 Å². The first kappa shape index (κ1) is 14.8. The van der Waals surface area contributed by atoms with Gasteiger partial charge in [0, 0.05) is 11.6 Å². The van der Waals surface area contributed by atoms with Gasteiger partial charge < -0.3 is 16.4 Å². The molecule has 6 nitrogen and oxygen atoms in total. The summed E-state index contributed by atoms with van der Waals surface area (Å²) in [5.74, 6) is -0.384. The maximum Gasteiger partial charge on any atom is 0.312 e. The van der Waals surface area contributed by atoms with Crippen LogP contribution >= 0.6 is 0 Å². The van der Waals surface area contributed by atoms with Gasteiger partial charge in [0.15, 0.2) is 0 Å². The summed E-state index contributed by atoms with van der Waals surface area (Å²) in [5, 5.41) is 6.12. The number of anilines is 1. The van der Waals surface area contributed by atoms with Crippen LogP contribution in [0.25, 0.3) is 10.9 Å². The van der Waals surface area contributed by atoms with Gasteiger partial charge in [-0.05, 0) is 30.2 Å². The number of urea groups is 1. The summed E-state index contributed by atoms with van der Waals surface area (Å²) in [4.78, 5) is 27.6. The molecule has 2 rings (SSSR count). The minimum Gasteiger partial charge on any atom is -0.352 e. The van der Waals surface area contributed by atoms with Gasteiger partial charge in [-0.25, -0.2) is 4.79 Å². The molecule has 0 fully saturated rings. The van der Waals surface area contributed by atoms with Crippen LogP contribution in [0.1, 0.15) is 13.8 Å². The topological polar surface area (TPSA) is 97.1 Å². The summed E-state index contributed by atoms with van der Waals surface area (Å²) in [6.07, 6.45) is 1.69. The van der Waals surface area contributed by atoms with E-state index in [0.29, 0.717) is 5.69 Å². The molecule has 1 heterocycles. The number of nitrogens with zero attached hydrogens (tertiary/aromatic N) is 1. The highest BCUT2D eigenvalue weighted by molar-refractivity contribution is 6.03. The minimum absolute atomic E-state index is 0.0781. The lowest BCUT2D eigenvalue weighted by Gasteiger charge is -2.21. The number of pyridine rings is 1. The number of aromatic nitrogens is 1. The Labute approximate surface area is 122 Å². The Balaban J connectivity index is 2.26. The molecule has 21 heavy (non-hydrogen) atoms. The standard InChI is InChI=1S/C15H18N4O2/c1-9(2)13(19-15(16)21)14(20)18-12-7-3-6-11-10(12)5-4-8-17-11/h3-9,13H,1-2H3,(H,18,20)(H3,16,19,21)/t13-/m1/s1. The molecular weight excluding hydrogens is 268 g/mol. The first-order chi connectivity index (χ1) is 9.99. The Morgan fingerprint density at radius 1 is 1.19 bits per heavy atom. The van der Waals surface area contributed by atoms with Crippen LogP contribution in [0.4, 0.5) is 10.5 Å². The number of carbonyl (C=O) groups is 2. The van der Waals surface area contributed by atoms with E-state index in [1.807, 2.05) is 32.0 Å². The average molecular weight is 286 g/mol. The molecule has 0 spiro atoms. The molecule has 110 valence electrons. The molecule has 0 aliphatic heterocycles. The monoisotopic (exact) mass is 286 g/mol. The number of hydrogen-bond acceptors (Lipinski definition) is 3. The highest BCUT2D eigenvalue weighted by Crippen LogP contribution is 2.21. The van der Waals surface area contributed by atoms with Crippen LogP contribution in [0.3, 0.4) is 0 Å². The third kappa shape index (κ3) is 3.47. The van der Waals surface area contributed by atoms with Crippen LogP contribution in [0, 0.1) is 5.92 Å². The van der Waals surface area contributed by atoms with Gasteiger partial charge in [0.25, 0.3) is 0 Å². The molecule has 1 aromatic carbocycles. The number of carbonyl (C=O) groups excluding carboxylic acids is 2. The second-order valence-corrected chi connectivity index (χ2v) is 5.10. The third-order valence-electron chi connectivity index (χ3n) is 3.15. The van der Waals surface area contributed by atoms with Crippen molar-refractivity contribution >= 4 is 28.5 Å². The number of nitrogens with two attached hydrogens (primary N) is 1. The molecule has 1 atom stereocenters. The summed E-state index contributed by atoms with van der Waals surface area (Å²) < 4.78 is 0. The first-order valence-electron chi connectivity index (χ1n) is 6.69. The van der Waals surface area contributed by atoms with Crippen molar-refractivity contribution < 1.29 is 9.59 Å². The van der Waals surface area contributed by atoms with Gasteiger partial charge in [-0.15, -0.1) is 0 Å². The van der Waals surface area contributed by atoms with Gasteiger partial charge in [-0.2, -0.15) is 0 Å². The van der Waals surface area contributed by atoms with Crippen molar-refractivity contribution in [2.24, 2.45) is 11.7 Å². The second-order valence-electron chi connectivity index (χ2n) is 5.10. The lowest BCUT2D eigenvalue weighted by atomic mass is 10.0. The summed E-state index contributed by atoms with van der Waals surface area (Å²) in [6, 6.07) is 7.76. The van der Waals surface area contributed by atoms with E-state index in [1.54, 1.807) is 18.3 Å². The van der Waals surface area contributed by atoms with Crippen LogP contribution in [-0.4, -0.2) is 23.0 Å². The quantitative estimate of drug-likeness (QED) is 0.800. The first-order valence-corrected chi connectivity index (χ1v) is 6.69. The zero-order valence-corrected chi connectivity index (χ0v) is 12.0. The Hall–Kier alpha value is -2.63. The molecule has 0 bridgehead atoms. The maximum absolute atomic E-state index is 12.3. The van der Waals surface area contributed by atoms with Gasteiger partial charge in [0.1, 0.15) is 6.04 Å². The SMILES string of the molecule is CC(C)[C@@H](NC(N)=O)C(=O)Nc1cccc2ncccc12. The van der Waals surface area contributed by atoms with E-state index >= 15 is 0 Å². The molecule has 0 aliphatic carbocycles. The van der Waals surface area contributed by atoms with Crippen molar-refractivity contribution in [2.75, 3.05) is 5.32 Å². The number of amides is 3. The zero-order chi connectivity index (χ0) is 15.4. The summed E-state index contributed by atoms with van der Waals surface area (Å²) in [7, 11) is 0. The zero-order valence-electron chi connectivity index (χ0n) is 12.0. The summed E-state index contributed by atoms with van der Waals surface area (Å²) in [6.45, 7) is 3.68. The molecule has 0 aliphatic rings. The number of nitrogens with one attached hydrogen (secondary N) is 2. The van der Waals surface area contributed by atoms with Gasteiger partial charge in [0.2, 0.25) is 5.91 Å². The van der Waals surface area contributed by atoms with E-state index in [0.717, 1.165) is 10.9 Å². The van der Waals surface area contributed by atoms with E-state index < -0.39 is 12.1 Å². The number of fused-ring (bicyclic) bond motifs is 1. The van der Waals surface area contributed by atoms with Crippen molar-refractivity contribution in [3.63, 3.8) is 0 Å². The fourth-order valence-corrected chi connectivity index (χ4v) is 2.11. The van der Waals surface area contributed by atoms with Crippen LogP contribution in [-0.2, 0) is 4.79 Å². The Bertz CT molecular complexity index is 664. The minimum atomic E-state index is -0.719. The van der Waals surface area contributed by atoms with Crippen molar-refractivity contribution in [2.45, 2.75) is 19.9 Å². The van der Waals surface area contributed by atoms with Crippen LogP contribution in [0.2, 0.25) is 0 Å². The normalized spacial score (nSPS) is 12.1. The van der Waals surface area contributed by atoms with Gasteiger partial charge in [0.05, 0.1) is 11.2 Å². The average Bonchev–Trinajstić information content (AvgIpc) is 2.44. The molecule has 0 unspecified atom stereocenters. The molecule has 2 aromatic rings. The Morgan fingerprint density at radius 3 is 2.62 bits per heavy atom. The smallest absolute Gasteiger partial charge is 0.312 e. The molecule has 6 heteroatoms. The summed E-state index contributed by atoms with van der Waals surface area (Å²) >= 11 is 0. The molecule has 0 radical (unpaired) electrons. The number of hydrogen-bond donors (Lipinski definition) is 3. The largest absolute Gasteiger partial charge is 0.352 e. The van der Waals surface area contributed by atoms with Gasteiger partial charge >= 0.3 is 6.03 Å². The van der Waals surface area contributed by atoms with E-state index in [9.17, 15) is 9.59 Å². The Kier molecular flexibility index (Phi) is 4.37. The number of primary amides is 1. The highest BCUT2D eigenvalue weighted by Gasteiger charge is 2.23. The van der Waals surface area contributed by atoms with E-state index in [4.69, 9.17) is 5.73 Å². The van der Waals surface area contributed by atoms with Crippen molar-refractivity contribution in [3.05, 3.63) is 36.5 Å². The second kappa shape index (κ2) is 6.21. The van der Waals surface area contributed by atoms with Crippen LogP contribution in [0.5, 0.6) is 0 Å². The molecule has 3 amide bonds. The molecule has 0 saturated carbocycles. The van der Waals surface area contributed by atoms with Crippen molar-refractivity contribution in [1.29, 1.82) is 0 Å². The molecule has 4 N–H and O–H groups in total. The van der Waals surface area contributed by atoms with Crippen LogP contribution in [0.15, 0.2) is 36.5 Å². The lowest BCUT2D eigenvalue weighted by molar-refractivity contribution is -0.118. The predicted molar refractivity (Wildman–Crippen MR) is 81.7 cm³/mol. The Morgan fingerprint density at radius 2 is 1.95 bits per heavy atom. The fraction of sp³-hybridized carbons (Fsp3) is 0.267. The van der Waals surface area contributed by atoms with E-state index in [1.165, 1.54) is 0 Å². The predicted octanol–water partition coefficient (Wildman–Crippen LogP) is 1.87. The van der Waals surface area contributed by atoms with Crippen LogP contribution < -0.4 is 16.4 Å². The molecule has 0 saturated heterocycles. The fourth-order valence-electron chi connectivity index (χ4n) is 2.11. The maximum atomic E-state index is 12.3. The number of rotatable bonds is 4. The number of benzene rings is 1. The third-order valence-corrected chi connectivity index (χ3v) is 3.15.